The molecule has 0 aliphatic rings. The van der Waals surface area contributed by atoms with Crippen molar-refractivity contribution in [2.45, 2.75) is 19.4 Å². The molecule has 0 aliphatic carbocycles. The molecule has 0 aliphatic heterocycles. The maximum Gasteiger partial charge on any atom is 0.315 e. The number of nitrogens with one attached hydrogen (secondary N) is 2. The summed E-state index contributed by atoms with van der Waals surface area (Å²) < 4.78 is 1.78. The number of aromatic nitrogens is 2. The molecule has 0 saturated heterocycles. The zero-order chi connectivity index (χ0) is 15.1. The van der Waals surface area contributed by atoms with E-state index in [-0.39, 0.29) is 18.7 Å². The number of aliphatic hydroxyl groups is 1. The van der Waals surface area contributed by atoms with Crippen LogP contribution in [0.15, 0.2) is 42.7 Å². The smallest absolute Gasteiger partial charge is 0.315 e. The second kappa shape index (κ2) is 7.44. The van der Waals surface area contributed by atoms with E-state index < -0.39 is 0 Å². The SMILES string of the molecule is CC(NC(=O)NCCCO)c1ccc(-n2cccn2)cc1. The third-order valence-corrected chi connectivity index (χ3v) is 3.13. The lowest BCUT2D eigenvalue weighted by Gasteiger charge is -2.15. The van der Waals surface area contributed by atoms with Crippen molar-refractivity contribution in [1.82, 2.24) is 20.4 Å². The minimum atomic E-state index is -0.230. The fourth-order valence-corrected chi connectivity index (χ4v) is 1.95. The fraction of sp³-hybridized carbons (Fsp3) is 0.333. The lowest BCUT2D eigenvalue weighted by atomic mass is 10.1. The van der Waals surface area contributed by atoms with Gasteiger partial charge in [0.1, 0.15) is 0 Å². The van der Waals surface area contributed by atoms with Gasteiger partial charge in [0, 0.05) is 25.5 Å². The van der Waals surface area contributed by atoms with E-state index >= 15 is 0 Å². The van der Waals surface area contributed by atoms with Crippen LogP contribution in [0.3, 0.4) is 0 Å². The van der Waals surface area contributed by atoms with Crippen LogP contribution in [0.2, 0.25) is 0 Å². The monoisotopic (exact) mass is 288 g/mol. The van der Waals surface area contributed by atoms with E-state index in [9.17, 15) is 4.79 Å². The van der Waals surface area contributed by atoms with Gasteiger partial charge in [-0.3, -0.25) is 0 Å². The number of nitrogens with zero attached hydrogens (tertiary/aromatic N) is 2. The van der Waals surface area contributed by atoms with Crippen molar-refractivity contribution < 1.29 is 9.90 Å². The Bertz CT molecular complexity index is 552. The van der Waals surface area contributed by atoms with E-state index in [4.69, 9.17) is 5.11 Å². The fourth-order valence-electron chi connectivity index (χ4n) is 1.95. The lowest BCUT2D eigenvalue weighted by molar-refractivity contribution is 0.235. The van der Waals surface area contributed by atoms with Gasteiger partial charge in [0.15, 0.2) is 0 Å². The second-order valence-corrected chi connectivity index (χ2v) is 4.74. The van der Waals surface area contributed by atoms with Crippen molar-refractivity contribution in [2.24, 2.45) is 0 Å². The zero-order valence-corrected chi connectivity index (χ0v) is 12.0. The third-order valence-electron chi connectivity index (χ3n) is 3.13. The molecule has 1 atom stereocenters. The summed E-state index contributed by atoms with van der Waals surface area (Å²) in [5, 5.41) is 18.4. The van der Waals surface area contributed by atoms with Gasteiger partial charge in [-0.1, -0.05) is 12.1 Å². The molecule has 1 aromatic heterocycles. The van der Waals surface area contributed by atoms with E-state index in [1.807, 2.05) is 43.5 Å². The molecule has 3 N–H and O–H groups in total. The molecule has 0 radical (unpaired) electrons. The van der Waals surface area contributed by atoms with E-state index in [1.165, 1.54) is 0 Å². The largest absolute Gasteiger partial charge is 0.396 e. The van der Waals surface area contributed by atoms with Gasteiger partial charge in [0.2, 0.25) is 0 Å². The summed E-state index contributed by atoms with van der Waals surface area (Å²) in [5.41, 5.74) is 1.99. The maximum absolute atomic E-state index is 11.6. The van der Waals surface area contributed by atoms with Gasteiger partial charge < -0.3 is 15.7 Å². The van der Waals surface area contributed by atoms with E-state index in [0.29, 0.717) is 13.0 Å². The molecule has 1 heterocycles. The van der Waals surface area contributed by atoms with Gasteiger partial charge in [-0.05, 0) is 37.1 Å². The summed E-state index contributed by atoms with van der Waals surface area (Å²) in [6.45, 7) is 2.46. The average Bonchev–Trinajstić information content (AvgIpc) is 3.02. The first-order valence-electron chi connectivity index (χ1n) is 6.96. The van der Waals surface area contributed by atoms with E-state index in [2.05, 4.69) is 15.7 Å². The first kappa shape index (κ1) is 15.1. The summed E-state index contributed by atoms with van der Waals surface area (Å²) in [6, 6.07) is 9.41. The molecule has 0 bridgehead atoms. The number of hydrogen-bond acceptors (Lipinski definition) is 3. The Morgan fingerprint density at radius 3 is 2.76 bits per heavy atom. The Balaban J connectivity index is 1.90. The molecule has 0 fully saturated rings. The number of aliphatic hydroxyl groups excluding tert-OH is 1. The number of amides is 2. The van der Waals surface area contributed by atoms with Crippen LogP contribution in [0.1, 0.15) is 24.9 Å². The number of urea groups is 1. The molecular weight excluding hydrogens is 268 g/mol. The minimum Gasteiger partial charge on any atom is -0.396 e. The molecule has 2 rings (SSSR count). The third kappa shape index (κ3) is 4.32. The molecule has 1 aromatic carbocycles. The van der Waals surface area contributed by atoms with Gasteiger partial charge >= 0.3 is 6.03 Å². The highest BCUT2D eigenvalue weighted by Gasteiger charge is 2.09. The molecule has 0 spiro atoms. The lowest BCUT2D eigenvalue weighted by Crippen LogP contribution is -2.37. The van der Waals surface area contributed by atoms with Crippen molar-refractivity contribution in [3.63, 3.8) is 0 Å². The van der Waals surface area contributed by atoms with Gasteiger partial charge in [-0.2, -0.15) is 5.10 Å². The highest BCUT2D eigenvalue weighted by Crippen LogP contribution is 2.15. The average molecular weight is 288 g/mol. The van der Waals surface area contributed by atoms with Crippen molar-refractivity contribution in [3.8, 4) is 5.69 Å². The Morgan fingerprint density at radius 2 is 2.14 bits per heavy atom. The van der Waals surface area contributed by atoms with Crippen LogP contribution >= 0.6 is 0 Å². The highest BCUT2D eigenvalue weighted by atomic mass is 16.3. The molecule has 1 unspecified atom stereocenters. The molecule has 21 heavy (non-hydrogen) atoms. The van der Waals surface area contributed by atoms with Crippen molar-refractivity contribution in [3.05, 3.63) is 48.3 Å². The van der Waals surface area contributed by atoms with Crippen molar-refractivity contribution in [1.29, 1.82) is 0 Å². The number of carbonyl (C=O) groups is 1. The van der Waals surface area contributed by atoms with Crippen molar-refractivity contribution in [2.75, 3.05) is 13.2 Å². The Kier molecular flexibility index (Phi) is 5.34. The Labute approximate surface area is 123 Å². The van der Waals surface area contributed by atoms with Crippen LogP contribution in [0, 0.1) is 0 Å². The number of benzene rings is 1. The maximum atomic E-state index is 11.6. The minimum absolute atomic E-state index is 0.0741. The van der Waals surface area contributed by atoms with Crippen LogP contribution < -0.4 is 10.6 Å². The van der Waals surface area contributed by atoms with Gasteiger partial charge in [-0.15, -0.1) is 0 Å². The van der Waals surface area contributed by atoms with Gasteiger partial charge in [-0.25, -0.2) is 9.48 Å². The number of hydrogen-bond donors (Lipinski definition) is 3. The Morgan fingerprint density at radius 1 is 1.38 bits per heavy atom. The summed E-state index contributed by atoms with van der Waals surface area (Å²) >= 11 is 0. The van der Waals surface area contributed by atoms with E-state index in [1.54, 1.807) is 10.9 Å². The molecule has 2 amide bonds. The van der Waals surface area contributed by atoms with Crippen LogP contribution in [-0.2, 0) is 0 Å². The highest BCUT2D eigenvalue weighted by molar-refractivity contribution is 5.74. The summed E-state index contributed by atoms with van der Waals surface area (Å²) in [7, 11) is 0. The summed E-state index contributed by atoms with van der Waals surface area (Å²) in [5.74, 6) is 0. The standard InChI is InChI=1S/C15H20N4O2/c1-12(18-15(21)16-8-3-11-20)13-4-6-14(7-5-13)19-10-2-9-17-19/h2,4-7,9-10,12,20H,3,8,11H2,1H3,(H2,16,18,21). The number of rotatable bonds is 6. The van der Waals surface area contributed by atoms with Crippen molar-refractivity contribution >= 4 is 6.03 Å². The van der Waals surface area contributed by atoms with Gasteiger partial charge in [0.25, 0.3) is 0 Å². The van der Waals surface area contributed by atoms with Crippen LogP contribution in [0.4, 0.5) is 4.79 Å². The molecule has 6 nitrogen and oxygen atoms in total. The first-order chi connectivity index (χ1) is 10.2. The molecule has 112 valence electrons. The normalized spacial score (nSPS) is 11.9. The molecule has 6 heteroatoms. The zero-order valence-electron chi connectivity index (χ0n) is 12.0. The second-order valence-electron chi connectivity index (χ2n) is 4.74. The topological polar surface area (TPSA) is 79.2 Å². The van der Waals surface area contributed by atoms with Crippen LogP contribution in [0.25, 0.3) is 5.69 Å². The predicted octanol–water partition coefficient (Wildman–Crippen LogP) is 1.61. The quantitative estimate of drug-likeness (QED) is 0.707. The van der Waals surface area contributed by atoms with E-state index in [0.717, 1.165) is 11.3 Å². The molecule has 2 aromatic rings. The summed E-state index contributed by atoms with van der Waals surface area (Å²) in [6.07, 6.45) is 4.17. The number of carbonyl (C=O) groups excluding carboxylic acids is 1. The van der Waals surface area contributed by atoms with Crippen LogP contribution in [-0.4, -0.2) is 34.1 Å². The predicted molar refractivity (Wildman–Crippen MR) is 80.2 cm³/mol. The summed E-state index contributed by atoms with van der Waals surface area (Å²) in [4.78, 5) is 11.6. The molecule has 0 saturated carbocycles. The Hall–Kier alpha value is -2.34. The van der Waals surface area contributed by atoms with Crippen LogP contribution in [0.5, 0.6) is 0 Å². The van der Waals surface area contributed by atoms with Gasteiger partial charge in [0.05, 0.1) is 11.7 Å². The molecular formula is C15H20N4O2. The first-order valence-corrected chi connectivity index (χ1v) is 6.96.